The van der Waals surface area contributed by atoms with Gasteiger partial charge in [-0.25, -0.2) is 9.55 Å². The quantitative estimate of drug-likeness (QED) is 0.419. The second-order valence-corrected chi connectivity index (χ2v) is 5.76. The van der Waals surface area contributed by atoms with Gasteiger partial charge in [0.25, 0.3) is 5.82 Å². The van der Waals surface area contributed by atoms with E-state index in [1.165, 1.54) is 70.0 Å². The molecule has 0 amide bonds. The molecule has 1 rings (SSSR count). The lowest BCUT2D eigenvalue weighted by atomic mass is 10.1. The molecule has 0 aliphatic carbocycles. The van der Waals surface area contributed by atoms with E-state index in [9.17, 15) is 0 Å². The molecule has 2 N–H and O–H groups in total. The van der Waals surface area contributed by atoms with Crippen LogP contribution in [0.15, 0.2) is 12.4 Å². The Labute approximate surface area is 124 Å². The molecule has 0 aromatic carbocycles. The third-order valence-electron chi connectivity index (χ3n) is 3.96. The van der Waals surface area contributed by atoms with Gasteiger partial charge in [0.1, 0.15) is 18.9 Å². The number of aromatic nitrogens is 2. The number of hydrogen-bond donors (Lipinski definition) is 2. The van der Waals surface area contributed by atoms with Crippen LogP contribution in [0.25, 0.3) is 0 Å². The van der Waals surface area contributed by atoms with Crippen LogP contribution in [0.2, 0.25) is 0 Å². The number of nitrogens with one attached hydrogen (secondary N) is 1. The SMILES string of the molecule is CCCCCCCCCCCCc1[nH]cc[n+]1CCO. The lowest BCUT2D eigenvalue weighted by molar-refractivity contribution is -0.704. The highest BCUT2D eigenvalue weighted by Crippen LogP contribution is 2.11. The first-order valence-electron chi connectivity index (χ1n) is 8.55. The molecule has 0 atom stereocenters. The zero-order valence-corrected chi connectivity index (χ0v) is 13.2. The number of H-pyrrole nitrogens is 1. The first-order valence-corrected chi connectivity index (χ1v) is 8.55. The van der Waals surface area contributed by atoms with Crippen molar-refractivity contribution in [2.75, 3.05) is 6.61 Å². The van der Waals surface area contributed by atoms with E-state index in [2.05, 4.69) is 16.5 Å². The molecule has 0 bridgehead atoms. The Balaban J connectivity index is 1.93. The molecule has 1 aromatic heterocycles. The second-order valence-electron chi connectivity index (χ2n) is 5.76. The fraction of sp³-hybridized carbons (Fsp3) is 0.824. The van der Waals surface area contributed by atoms with Crippen LogP contribution in [0.1, 0.15) is 77.0 Å². The van der Waals surface area contributed by atoms with Crippen molar-refractivity contribution in [3.05, 3.63) is 18.2 Å². The van der Waals surface area contributed by atoms with Gasteiger partial charge >= 0.3 is 0 Å². The number of aromatic amines is 1. The molecule has 0 saturated carbocycles. The number of imidazole rings is 1. The van der Waals surface area contributed by atoms with Gasteiger partial charge in [-0.1, -0.05) is 64.7 Å². The summed E-state index contributed by atoms with van der Waals surface area (Å²) in [7, 11) is 0. The highest BCUT2D eigenvalue weighted by molar-refractivity contribution is 4.77. The lowest BCUT2D eigenvalue weighted by Crippen LogP contribution is -2.37. The zero-order valence-electron chi connectivity index (χ0n) is 13.2. The summed E-state index contributed by atoms with van der Waals surface area (Å²) in [5, 5.41) is 8.97. The molecule has 3 heteroatoms. The Morgan fingerprint density at radius 2 is 1.55 bits per heavy atom. The number of hydrogen-bond acceptors (Lipinski definition) is 1. The van der Waals surface area contributed by atoms with Crippen LogP contribution in [0, 0.1) is 0 Å². The van der Waals surface area contributed by atoms with Crippen molar-refractivity contribution >= 4 is 0 Å². The number of unbranched alkanes of at least 4 members (excludes halogenated alkanes) is 9. The molecule has 0 unspecified atom stereocenters. The van der Waals surface area contributed by atoms with Gasteiger partial charge in [0.15, 0.2) is 0 Å². The van der Waals surface area contributed by atoms with Gasteiger partial charge in [-0.3, -0.25) is 0 Å². The predicted octanol–water partition coefficient (Wildman–Crippen LogP) is 3.76. The number of aliphatic hydroxyl groups excluding tert-OH is 1. The van der Waals surface area contributed by atoms with Crippen LogP contribution < -0.4 is 4.57 Å². The van der Waals surface area contributed by atoms with E-state index in [1.807, 2.05) is 12.4 Å². The van der Waals surface area contributed by atoms with E-state index < -0.39 is 0 Å². The van der Waals surface area contributed by atoms with E-state index in [4.69, 9.17) is 5.11 Å². The summed E-state index contributed by atoms with van der Waals surface area (Å²) in [6, 6.07) is 0. The van der Waals surface area contributed by atoms with E-state index >= 15 is 0 Å². The lowest BCUT2D eigenvalue weighted by Gasteiger charge is -2.02. The number of nitrogens with zero attached hydrogens (tertiary/aromatic N) is 1. The van der Waals surface area contributed by atoms with Gasteiger partial charge in [-0.05, 0) is 6.42 Å². The van der Waals surface area contributed by atoms with Crippen LogP contribution >= 0.6 is 0 Å². The molecule has 20 heavy (non-hydrogen) atoms. The van der Waals surface area contributed by atoms with Gasteiger partial charge in [0, 0.05) is 6.42 Å². The van der Waals surface area contributed by atoms with Crippen molar-refractivity contribution in [2.24, 2.45) is 0 Å². The fourth-order valence-electron chi connectivity index (χ4n) is 2.71. The van der Waals surface area contributed by atoms with E-state index in [0.717, 1.165) is 6.42 Å². The molecular weight excluding hydrogens is 248 g/mol. The average molecular weight is 281 g/mol. The minimum atomic E-state index is 0.216. The number of rotatable bonds is 13. The molecular formula is C17H33N2O+. The van der Waals surface area contributed by atoms with Crippen LogP contribution in [0.4, 0.5) is 0 Å². The zero-order chi connectivity index (χ0) is 14.5. The van der Waals surface area contributed by atoms with Gasteiger partial charge in [-0.15, -0.1) is 0 Å². The van der Waals surface area contributed by atoms with Gasteiger partial charge in [-0.2, -0.15) is 0 Å². The van der Waals surface area contributed by atoms with Crippen molar-refractivity contribution in [3.63, 3.8) is 0 Å². The average Bonchev–Trinajstić information content (AvgIpc) is 2.89. The maximum atomic E-state index is 8.97. The Bertz CT molecular complexity index is 323. The number of aryl methyl sites for hydroxylation is 1. The van der Waals surface area contributed by atoms with Crippen LogP contribution in [-0.4, -0.2) is 16.7 Å². The summed E-state index contributed by atoms with van der Waals surface area (Å²) in [6.45, 7) is 3.19. The maximum Gasteiger partial charge on any atom is 0.254 e. The first-order chi connectivity index (χ1) is 9.88. The maximum absolute atomic E-state index is 8.97. The second kappa shape index (κ2) is 12.0. The van der Waals surface area contributed by atoms with Crippen molar-refractivity contribution in [2.45, 2.75) is 84.1 Å². The molecule has 0 spiro atoms. The third kappa shape index (κ3) is 7.68. The van der Waals surface area contributed by atoms with Gasteiger partial charge < -0.3 is 5.11 Å². The molecule has 0 radical (unpaired) electrons. The van der Waals surface area contributed by atoms with Gasteiger partial charge in [0.2, 0.25) is 0 Å². The molecule has 1 heterocycles. The predicted molar refractivity (Wildman–Crippen MR) is 83.6 cm³/mol. The number of aliphatic hydroxyl groups is 1. The fourth-order valence-corrected chi connectivity index (χ4v) is 2.71. The Morgan fingerprint density at radius 1 is 0.950 bits per heavy atom. The van der Waals surface area contributed by atoms with E-state index in [1.54, 1.807) is 0 Å². The summed E-state index contributed by atoms with van der Waals surface area (Å²) in [5.74, 6) is 1.25. The minimum Gasteiger partial charge on any atom is -0.392 e. The molecule has 3 nitrogen and oxygen atoms in total. The molecule has 0 aliphatic heterocycles. The molecule has 0 fully saturated rings. The highest BCUT2D eigenvalue weighted by Gasteiger charge is 2.08. The van der Waals surface area contributed by atoms with Crippen LogP contribution in [0.5, 0.6) is 0 Å². The first kappa shape index (κ1) is 17.2. The Hall–Kier alpha value is -0.830. The van der Waals surface area contributed by atoms with Crippen molar-refractivity contribution in [1.29, 1.82) is 0 Å². The highest BCUT2D eigenvalue weighted by atomic mass is 16.3. The summed E-state index contributed by atoms with van der Waals surface area (Å²) >= 11 is 0. The monoisotopic (exact) mass is 281 g/mol. The Kier molecular flexibility index (Phi) is 10.3. The summed E-state index contributed by atoms with van der Waals surface area (Å²) in [6.07, 6.45) is 18.9. The molecule has 116 valence electrons. The van der Waals surface area contributed by atoms with Crippen molar-refractivity contribution in [3.8, 4) is 0 Å². The van der Waals surface area contributed by atoms with Crippen LogP contribution in [-0.2, 0) is 13.0 Å². The molecule has 0 aliphatic rings. The summed E-state index contributed by atoms with van der Waals surface area (Å²) < 4.78 is 2.12. The van der Waals surface area contributed by atoms with E-state index in [0.29, 0.717) is 6.54 Å². The van der Waals surface area contributed by atoms with E-state index in [-0.39, 0.29) is 6.61 Å². The van der Waals surface area contributed by atoms with Gasteiger partial charge in [0.05, 0.1) is 6.61 Å². The molecule has 1 aromatic rings. The third-order valence-corrected chi connectivity index (χ3v) is 3.96. The smallest absolute Gasteiger partial charge is 0.254 e. The summed E-state index contributed by atoms with van der Waals surface area (Å²) in [5.41, 5.74) is 0. The minimum absolute atomic E-state index is 0.216. The Morgan fingerprint density at radius 3 is 2.15 bits per heavy atom. The standard InChI is InChI=1S/C17H32N2O/c1-2-3-4-5-6-7-8-9-10-11-12-17-18-13-14-19(17)15-16-20/h13-14,20H,2-12,15-16H2,1H3/p+1. The van der Waals surface area contributed by atoms with Crippen molar-refractivity contribution < 1.29 is 9.67 Å². The normalized spacial score (nSPS) is 11.1. The topological polar surface area (TPSA) is 39.9 Å². The summed E-state index contributed by atoms with van der Waals surface area (Å²) in [4.78, 5) is 3.27. The van der Waals surface area contributed by atoms with Crippen LogP contribution in [0.3, 0.4) is 0 Å². The largest absolute Gasteiger partial charge is 0.392 e. The molecule has 0 saturated heterocycles. The van der Waals surface area contributed by atoms with Crippen molar-refractivity contribution in [1.82, 2.24) is 4.98 Å².